The van der Waals surface area contributed by atoms with Crippen molar-refractivity contribution in [1.82, 2.24) is 10.3 Å². The summed E-state index contributed by atoms with van der Waals surface area (Å²) in [6.45, 7) is 5.71. The normalized spacial score (nSPS) is 13.2. The Balaban J connectivity index is 2.31. The Hall–Kier alpha value is -1.13. The lowest BCUT2D eigenvalue weighted by Crippen LogP contribution is -2.19. The summed E-state index contributed by atoms with van der Waals surface area (Å²) in [5.41, 5.74) is 1.03. The summed E-state index contributed by atoms with van der Waals surface area (Å²) in [4.78, 5) is 4.31. The Labute approximate surface area is 104 Å². The molecule has 17 heavy (non-hydrogen) atoms. The van der Waals surface area contributed by atoms with Gasteiger partial charge >= 0.3 is 0 Å². The van der Waals surface area contributed by atoms with Crippen molar-refractivity contribution >= 4 is 22.7 Å². The molecule has 3 nitrogen and oxygen atoms in total. The molecule has 0 bridgehead atoms. The van der Waals surface area contributed by atoms with Crippen molar-refractivity contribution in [2.24, 2.45) is 0 Å². The number of hydrogen-bond donors (Lipinski definition) is 1. The molecular weight excluding hydrogens is 243 g/mol. The monoisotopic (exact) mass is 256 g/mol. The van der Waals surface area contributed by atoms with Gasteiger partial charge in [-0.1, -0.05) is 25.4 Å². The minimum Gasteiger partial charge on any atom is -0.440 e. The van der Waals surface area contributed by atoms with E-state index in [2.05, 4.69) is 10.3 Å². The van der Waals surface area contributed by atoms with Gasteiger partial charge in [0.25, 0.3) is 0 Å². The molecule has 92 valence electrons. The molecular formula is C12H14ClFN2O. The number of nitrogens with zero attached hydrogens (tertiary/aromatic N) is 1. The molecule has 1 aromatic heterocycles. The zero-order valence-electron chi connectivity index (χ0n) is 9.76. The smallest absolute Gasteiger partial charge is 0.199 e. The van der Waals surface area contributed by atoms with E-state index in [4.69, 9.17) is 16.0 Å². The van der Waals surface area contributed by atoms with E-state index in [1.54, 1.807) is 0 Å². The second kappa shape index (κ2) is 5.02. The van der Waals surface area contributed by atoms with E-state index in [0.29, 0.717) is 17.0 Å². The lowest BCUT2D eigenvalue weighted by Gasteiger charge is -2.06. The van der Waals surface area contributed by atoms with Crippen LogP contribution in [-0.4, -0.2) is 18.1 Å². The minimum atomic E-state index is -0.485. The van der Waals surface area contributed by atoms with Gasteiger partial charge in [-0.25, -0.2) is 9.37 Å². The van der Waals surface area contributed by atoms with E-state index in [1.807, 2.05) is 13.8 Å². The molecule has 2 rings (SSSR count). The number of hydrogen-bond acceptors (Lipinski definition) is 3. The summed E-state index contributed by atoms with van der Waals surface area (Å²) in [5, 5.41) is 3.28. The highest BCUT2D eigenvalue weighted by molar-refractivity contribution is 6.31. The van der Waals surface area contributed by atoms with E-state index in [9.17, 15) is 4.39 Å². The fourth-order valence-corrected chi connectivity index (χ4v) is 1.76. The van der Waals surface area contributed by atoms with Crippen LogP contribution in [-0.2, 0) is 0 Å². The maximum atomic E-state index is 13.2. The van der Waals surface area contributed by atoms with Crippen molar-refractivity contribution in [1.29, 1.82) is 0 Å². The fourth-order valence-electron chi connectivity index (χ4n) is 1.60. The maximum absolute atomic E-state index is 13.2. The number of oxazole rings is 1. The first-order chi connectivity index (χ1) is 8.11. The number of fused-ring (bicyclic) bond motifs is 1. The van der Waals surface area contributed by atoms with Gasteiger partial charge in [-0.3, -0.25) is 0 Å². The Kier molecular flexibility index (Phi) is 3.64. The highest BCUT2D eigenvalue weighted by Crippen LogP contribution is 2.25. The van der Waals surface area contributed by atoms with Crippen molar-refractivity contribution in [3.63, 3.8) is 0 Å². The third-order valence-electron chi connectivity index (χ3n) is 2.57. The summed E-state index contributed by atoms with van der Waals surface area (Å²) >= 11 is 5.69. The van der Waals surface area contributed by atoms with Gasteiger partial charge in [-0.15, -0.1) is 0 Å². The van der Waals surface area contributed by atoms with Crippen LogP contribution in [0.4, 0.5) is 4.39 Å². The molecule has 0 amide bonds. The van der Waals surface area contributed by atoms with Gasteiger partial charge in [0.05, 0.1) is 5.02 Å². The van der Waals surface area contributed by atoms with Gasteiger partial charge in [-0.2, -0.15) is 0 Å². The average molecular weight is 257 g/mol. The molecule has 0 spiro atoms. The second-order valence-corrected chi connectivity index (χ2v) is 4.40. The predicted octanol–water partition coefficient (Wildman–Crippen LogP) is 3.33. The zero-order chi connectivity index (χ0) is 12.4. The molecule has 5 heteroatoms. The molecule has 1 heterocycles. The third-order valence-corrected chi connectivity index (χ3v) is 2.86. The van der Waals surface area contributed by atoms with Crippen LogP contribution in [0.1, 0.15) is 25.7 Å². The van der Waals surface area contributed by atoms with Crippen LogP contribution in [0.2, 0.25) is 5.02 Å². The van der Waals surface area contributed by atoms with Crippen molar-refractivity contribution < 1.29 is 8.81 Å². The third kappa shape index (κ3) is 2.58. The molecule has 1 N–H and O–H groups in total. The molecule has 0 radical (unpaired) electrons. The molecule has 2 aromatic rings. The SMILES string of the molecule is CCNCC(C)c1nc2cc(Cl)c(F)cc2o1. The molecule has 0 aliphatic heterocycles. The summed E-state index contributed by atoms with van der Waals surface area (Å²) in [5.74, 6) is 0.257. The number of aromatic nitrogens is 1. The number of benzene rings is 1. The van der Waals surface area contributed by atoms with E-state index < -0.39 is 5.82 Å². The van der Waals surface area contributed by atoms with E-state index in [1.165, 1.54) is 12.1 Å². The van der Waals surface area contributed by atoms with Crippen LogP contribution in [0.25, 0.3) is 11.1 Å². The Bertz CT molecular complexity index is 487. The highest BCUT2D eigenvalue weighted by atomic mass is 35.5. The molecule has 0 saturated heterocycles. The van der Waals surface area contributed by atoms with Crippen LogP contribution in [0, 0.1) is 5.82 Å². The van der Waals surface area contributed by atoms with Crippen LogP contribution in [0.5, 0.6) is 0 Å². The first-order valence-electron chi connectivity index (χ1n) is 5.58. The second-order valence-electron chi connectivity index (χ2n) is 3.99. The molecule has 0 saturated carbocycles. The largest absolute Gasteiger partial charge is 0.440 e. The standard InChI is InChI=1S/C12H14ClFN2O/c1-3-15-6-7(2)12-16-10-4-8(13)9(14)5-11(10)17-12/h4-5,7,15H,3,6H2,1-2H3. The molecule has 1 unspecified atom stereocenters. The molecule has 0 aliphatic carbocycles. The Morgan fingerprint density at radius 2 is 2.29 bits per heavy atom. The lowest BCUT2D eigenvalue weighted by atomic mass is 10.2. The van der Waals surface area contributed by atoms with Gasteiger partial charge < -0.3 is 9.73 Å². The quantitative estimate of drug-likeness (QED) is 0.912. The van der Waals surface area contributed by atoms with Gasteiger partial charge in [0.1, 0.15) is 11.3 Å². The van der Waals surface area contributed by atoms with Crippen LogP contribution >= 0.6 is 11.6 Å². The van der Waals surface area contributed by atoms with Gasteiger partial charge in [0.2, 0.25) is 0 Å². The summed E-state index contributed by atoms with van der Waals surface area (Å²) < 4.78 is 18.7. The number of rotatable bonds is 4. The van der Waals surface area contributed by atoms with Crippen molar-refractivity contribution in [3.8, 4) is 0 Å². The van der Waals surface area contributed by atoms with Crippen molar-refractivity contribution in [2.75, 3.05) is 13.1 Å². The predicted molar refractivity (Wildman–Crippen MR) is 65.9 cm³/mol. The number of nitrogens with one attached hydrogen (secondary N) is 1. The van der Waals surface area contributed by atoms with E-state index in [0.717, 1.165) is 13.1 Å². The van der Waals surface area contributed by atoms with Crippen LogP contribution in [0.15, 0.2) is 16.5 Å². The van der Waals surface area contributed by atoms with Crippen LogP contribution in [0.3, 0.4) is 0 Å². The Morgan fingerprint density at radius 1 is 1.53 bits per heavy atom. The molecule has 1 atom stereocenters. The van der Waals surface area contributed by atoms with Crippen LogP contribution < -0.4 is 5.32 Å². The van der Waals surface area contributed by atoms with E-state index >= 15 is 0 Å². The first-order valence-corrected chi connectivity index (χ1v) is 5.95. The number of likely N-dealkylation sites (N-methyl/N-ethyl adjacent to an activating group) is 1. The summed E-state index contributed by atoms with van der Waals surface area (Å²) in [7, 11) is 0. The molecule has 0 aliphatic rings. The maximum Gasteiger partial charge on any atom is 0.199 e. The lowest BCUT2D eigenvalue weighted by molar-refractivity contribution is 0.469. The van der Waals surface area contributed by atoms with Gasteiger partial charge in [0, 0.05) is 18.5 Å². The first kappa shape index (κ1) is 12.3. The average Bonchev–Trinajstić information content (AvgIpc) is 2.69. The Morgan fingerprint density at radius 3 is 3.00 bits per heavy atom. The molecule has 0 fully saturated rings. The summed E-state index contributed by atoms with van der Waals surface area (Å²) in [6, 6.07) is 2.76. The topological polar surface area (TPSA) is 38.1 Å². The zero-order valence-corrected chi connectivity index (χ0v) is 10.5. The fraction of sp³-hybridized carbons (Fsp3) is 0.417. The van der Waals surface area contributed by atoms with Crippen molar-refractivity contribution in [2.45, 2.75) is 19.8 Å². The van der Waals surface area contributed by atoms with E-state index in [-0.39, 0.29) is 10.9 Å². The summed E-state index contributed by atoms with van der Waals surface area (Å²) in [6.07, 6.45) is 0. The molecule has 1 aromatic carbocycles. The minimum absolute atomic E-state index is 0.0664. The van der Waals surface area contributed by atoms with Gasteiger partial charge in [0.15, 0.2) is 11.5 Å². The number of halogens is 2. The van der Waals surface area contributed by atoms with Gasteiger partial charge in [-0.05, 0) is 12.6 Å². The highest BCUT2D eigenvalue weighted by Gasteiger charge is 2.14. The van der Waals surface area contributed by atoms with Crippen molar-refractivity contribution in [3.05, 3.63) is 28.9 Å².